The highest BCUT2D eigenvalue weighted by Crippen LogP contribution is 2.36. The van der Waals surface area contributed by atoms with Crippen molar-refractivity contribution >= 4 is 21.8 Å². The molecule has 0 saturated carbocycles. The third-order valence-electron chi connectivity index (χ3n) is 11.9. The number of ether oxygens (including phenoxy) is 3. The molecule has 0 spiro atoms. The number of aromatic nitrogens is 2. The highest BCUT2D eigenvalue weighted by atomic mass is 16.5. The summed E-state index contributed by atoms with van der Waals surface area (Å²) < 4.78 is 16.6. The Balaban J connectivity index is 0.000000122. The van der Waals surface area contributed by atoms with E-state index in [-0.39, 0.29) is 6.10 Å². The summed E-state index contributed by atoms with van der Waals surface area (Å²) in [5.41, 5.74) is 15.5. The molecule has 6 aliphatic rings. The van der Waals surface area contributed by atoms with Gasteiger partial charge in [-0.15, -0.1) is 0 Å². The van der Waals surface area contributed by atoms with Crippen LogP contribution in [-0.4, -0.2) is 28.3 Å². The van der Waals surface area contributed by atoms with Crippen molar-refractivity contribution in [3.63, 3.8) is 0 Å². The van der Waals surface area contributed by atoms with Gasteiger partial charge < -0.3 is 14.2 Å². The SMILES string of the molecule is CC1=CC2C(C)=CC=C(C)C2O1.CC1=CC=C(C)C2OC=CC12.CC1=CC=C(C)C2OC=CC12.Cc1ccc(C)c2ncccc12.Cc1ccc(C)c2ncccc12. The highest BCUT2D eigenvalue weighted by Gasteiger charge is 2.32. The van der Waals surface area contributed by atoms with Gasteiger partial charge in [0.2, 0.25) is 0 Å². The molecule has 2 aromatic carbocycles. The van der Waals surface area contributed by atoms with Crippen molar-refractivity contribution in [2.24, 2.45) is 17.8 Å². The lowest BCUT2D eigenvalue weighted by Crippen LogP contribution is -2.21. The minimum Gasteiger partial charge on any atom is -0.493 e. The Labute approximate surface area is 346 Å². The van der Waals surface area contributed by atoms with Gasteiger partial charge in [0.1, 0.15) is 18.3 Å². The Hall–Kier alpha value is -5.68. The zero-order valence-corrected chi connectivity index (χ0v) is 36.2. The van der Waals surface area contributed by atoms with E-state index in [0.717, 1.165) is 16.8 Å². The number of rotatable bonds is 0. The molecule has 58 heavy (non-hydrogen) atoms. The Morgan fingerprint density at radius 3 is 1.19 bits per heavy atom. The lowest BCUT2D eigenvalue weighted by Gasteiger charge is -2.23. The van der Waals surface area contributed by atoms with Gasteiger partial charge in [0.15, 0.2) is 0 Å². The number of fused-ring (bicyclic) bond motifs is 5. The predicted octanol–water partition coefficient (Wildman–Crippen LogP) is 13.4. The van der Waals surface area contributed by atoms with Gasteiger partial charge >= 0.3 is 0 Å². The first kappa shape index (κ1) is 41.9. The largest absolute Gasteiger partial charge is 0.493 e. The smallest absolute Gasteiger partial charge is 0.129 e. The molecular formula is C53H60N2O3. The number of benzene rings is 2. The third-order valence-corrected chi connectivity index (χ3v) is 11.9. The van der Waals surface area contributed by atoms with Crippen LogP contribution in [0.5, 0.6) is 0 Å². The summed E-state index contributed by atoms with van der Waals surface area (Å²) >= 11 is 0. The van der Waals surface area contributed by atoms with Gasteiger partial charge in [0.25, 0.3) is 0 Å². The van der Waals surface area contributed by atoms with Gasteiger partial charge in [0.05, 0.1) is 29.3 Å². The van der Waals surface area contributed by atoms with Crippen LogP contribution in [0, 0.1) is 45.4 Å². The zero-order chi connectivity index (χ0) is 41.5. The summed E-state index contributed by atoms with van der Waals surface area (Å²) in [6.45, 7) is 23.3. The molecule has 3 aliphatic heterocycles. The number of nitrogens with zero attached hydrogens (tertiary/aromatic N) is 2. The normalized spacial score (nSPS) is 24.1. The standard InChI is InChI=1S/2C11H11N.C11H14O.2C10H12O/c2*1-8-5-6-9(2)11-10(8)4-3-7-12-11;1-7-4-5-8(2)11-10(7)6-9(3)12-11;2*1-7-3-4-8(2)10-9(7)5-6-11-10/h2*3-7H,1-2H3;4-6,10-11H,1-3H3;2*3-6,9-10H,1-2H3. The second kappa shape index (κ2) is 18.7. The summed E-state index contributed by atoms with van der Waals surface area (Å²) in [6, 6.07) is 16.7. The fraction of sp³-hybridized carbons (Fsp3) is 0.321. The molecular weight excluding hydrogens is 713 g/mol. The molecule has 6 unspecified atom stereocenters. The van der Waals surface area contributed by atoms with E-state index in [2.05, 4.69) is 170 Å². The summed E-state index contributed by atoms with van der Waals surface area (Å²) in [6.07, 6.45) is 27.6. The van der Waals surface area contributed by atoms with E-state index in [1.807, 2.05) is 44.0 Å². The maximum Gasteiger partial charge on any atom is 0.129 e. The molecule has 0 bridgehead atoms. The Bertz CT molecular complexity index is 2210. The van der Waals surface area contributed by atoms with Gasteiger partial charge in [-0.1, -0.05) is 89.6 Å². The van der Waals surface area contributed by atoms with E-state index >= 15 is 0 Å². The second-order valence-corrected chi connectivity index (χ2v) is 16.3. The molecule has 10 rings (SSSR count). The number of allylic oxidation sites excluding steroid dienone is 7. The molecule has 2 aromatic heterocycles. The third kappa shape index (κ3) is 9.53. The summed E-state index contributed by atoms with van der Waals surface area (Å²) in [4.78, 5) is 8.68. The molecule has 5 heteroatoms. The average molecular weight is 773 g/mol. The summed E-state index contributed by atoms with van der Waals surface area (Å²) in [5, 5.41) is 2.52. The average Bonchev–Trinajstić information content (AvgIpc) is 4.03. The fourth-order valence-electron chi connectivity index (χ4n) is 8.08. The summed E-state index contributed by atoms with van der Waals surface area (Å²) in [5.74, 6) is 2.56. The van der Waals surface area contributed by atoms with Crippen LogP contribution in [0.2, 0.25) is 0 Å². The molecule has 0 radical (unpaired) electrons. The fourth-order valence-corrected chi connectivity index (χ4v) is 8.08. The Morgan fingerprint density at radius 2 is 0.793 bits per heavy atom. The van der Waals surface area contributed by atoms with E-state index in [9.17, 15) is 0 Å². The van der Waals surface area contributed by atoms with Crippen molar-refractivity contribution in [1.82, 2.24) is 9.97 Å². The van der Waals surface area contributed by atoms with Crippen LogP contribution in [0.25, 0.3) is 21.8 Å². The zero-order valence-electron chi connectivity index (χ0n) is 36.2. The van der Waals surface area contributed by atoms with Crippen LogP contribution in [0.1, 0.15) is 70.7 Å². The van der Waals surface area contributed by atoms with Crippen molar-refractivity contribution in [1.29, 1.82) is 0 Å². The minimum atomic E-state index is 0.287. The van der Waals surface area contributed by atoms with E-state index in [1.54, 1.807) is 0 Å². The lowest BCUT2D eigenvalue weighted by molar-refractivity contribution is 0.152. The van der Waals surface area contributed by atoms with E-state index in [1.165, 1.54) is 66.5 Å². The van der Waals surface area contributed by atoms with Crippen molar-refractivity contribution in [3.05, 3.63) is 190 Å². The van der Waals surface area contributed by atoms with Crippen LogP contribution >= 0.6 is 0 Å². The quantitative estimate of drug-likeness (QED) is 0.178. The van der Waals surface area contributed by atoms with Crippen LogP contribution in [0.3, 0.4) is 0 Å². The summed E-state index contributed by atoms with van der Waals surface area (Å²) in [7, 11) is 0. The minimum absolute atomic E-state index is 0.287. The number of pyridine rings is 2. The number of hydrogen-bond acceptors (Lipinski definition) is 5. The lowest BCUT2D eigenvalue weighted by atomic mass is 9.87. The Kier molecular flexibility index (Phi) is 13.5. The molecule has 3 aliphatic carbocycles. The van der Waals surface area contributed by atoms with Crippen LogP contribution < -0.4 is 0 Å². The predicted molar refractivity (Wildman–Crippen MR) is 242 cm³/mol. The first-order valence-electron chi connectivity index (χ1n) is 20.5. The molecule has 0 saturated heterocycles. The molecule has 0 N–H and O–H groups in total. The molecule has 5 heterocycles. The van der Waals surface area contributed by atoms with E-state index < -0.39 is 0 Å². The molecule has 0 amide bonds. The van der Waals surface area contributed by atoms with Gasteiger partial charge in [-0.3, -0.25) is 9.97 Å². The first-order valence-corrected chi connectivity index (χ1v) is 20.5. The van der Waals surface area contributed by atoms with Crippen molar-refractivity contribution in [2.75, 3.05) is 0 Å². The van der Waals surface area contributed by atoms with Crippen LogP contribution in [-0.2, 0) is 14.2 Å². The maximum atomic E-state index is 5.70. The molecule has 0 fully saturated rings. The Morgan fingerprint density at radius 1 is 0.414 bits per heavy atom. The maximum absolute atomic E-state index is 5.70. The number of aryl methyl sites for hydroxylation is 4. The van der Waals surface area contributed by atoms with Crippen LogP contribution in [0.4, 0.5) is 0 Å². The second-order valence-electron chi connectivity index (χ2n) is 16.3. The van der Waals surface area contributed by atoms with Crippen molar-refractivity contribution < 1.29 is 14.2 Å². The van der Waals surface area contributed by atoms with Crippen molar-refractivity contribution in [3.8, 4) is 0 Å². The number of hydrogen-bond donors (Lipinski definition) is 0. The van der Waals surface area contributed by atoms with Crippen LogP contribution in [0.15, 0.2) is 167 Å². The van der Waals surface area contributed by atoms with Crippen molar-refractivity contribution in [2.45, 2.75) is 94.5 Å². The molecule has 5 nitrogen and oxygen atoms in total. The molecule has 4 aromatic rings. The van der Waals surface area contributed by atoms with Gasteiger partial charge in [-0.05, 0) is 145 Å². The highest BCUT2D eigenvalue weighted by molar-refractivity contribution is 5.85. The molecule has 300 valence electrons. The molecule has 6 atom stereocenters. The van der Waals surface area contributed by atoms with E-state index in [0.29, 0.717) is 30.0 Å². The van der Waals surface area contributed by atoms with E-state index in [4.69, 9.17) is 14.2 Å². The van der Waals surface area contributed by atoms with Gasteiger partial charge in [0, 0.05) is 40.9 Å². The first-order chi connectivity index (χ1) is 27.8. The van der Waals surface area contributed by atoms with Gasteiger partial charge in [-0.25, -0.2) is 0 Å². The topological polar surface area (TPSA) is 53.5 Å². The monoisotopic (exact) mass is 772 g/mol. The van der Waals surface area contributed by atoms with Gasteiger partial charge in [-0.2, -0.15) is 0 Å².